The number of aromatic nitrogens is 1. The highest BCUT2D eigenvalue weighted by Crippen LogP contribution is 2.31. The van der Waals surface area contributed by atoms with Gasteiger partial charge in [-0.15, -0.1) is 0 Å². The van der Waals surface area contributed by atoms with Crippen molar-refractivity contribution in [3.8, 4) is 6.07 Å². The van der Waals surface area contributed by atoms with Crippen LogP contribution in [0.4, 0.5) is 0 Å². The number of nitrogens with zero attached hydrogens (tertiary/aromatic N) is 3. The number of nitriles is 1. The Morgan fingerprint density at radius 2 is 1.78 bits per heavy atom. The molecule has 2 heterocycles. The topological polar surface area (TPSA) is 66.1 Å². The van der Waals surface area contributed by atoms with Crippen molar-refractivity contribution in [2.75, 3.05) is 6.54 Å². The number of sulfonamides is 1. The van der Waals surface area contributed by atoms with Gasteiger partial charge in [-0.3, -0.25) is 0 Å². The van der Waals surface area contributed by atoms with E-state index in [1.54, 1.807) is 16.4 Å². The summed E-state index contributed by atoms with van der Waals surface area (Å²) in [5, 5.41) is 12.3. The van der Waals surface area contributed by atoms with Gasteiger partial charge >= 0.3 is 0 Å². The van der Waals surface area contributed by atoms with Crippen molar-refractivity contribution in [1.29, 1.82) is 5.26 Å². The number of rotatable bonds is 5. The van der Waals surface area contributed by atoms with E-state index in [1.165, 1.54) is 0 Å². The summed E-state index contributed by atoms with van der Waals surface area (Å²) in [6.45, 7) is 0.570. The number of fused-ring (bicyclic) bond motifs is 2. The molecule has 162 valence electrons. The first-order valence-electron chi connectivity index (χ1n) is 11.0. The van der Waals surface area contributed by atoms with Gasteiger partial charge < -0.3 is 4.57 Å². The molecule has 5 nitrogen and oxygen atoms in total. The van der Waals surface area contributed by atoms with Gasteiger partial charge in [-0.1, -0.05) is 36.4 Å². The largest absolute Gasteiger partial charge is 0.348 e. The lowest BCUT2D eigenvalue weighted by Gasteiger charge is -2.24. The maximum atomic E-state index is 13.5. The van der Waals surface area contributed by atoms with Crippen molar-refractivity contribution in [3.63, 3.8) is 0 Å². The second kappa shape index (κ2) is 8.09. The Morgan fingerprint density at radius 1 is 1.00 bits per heavy atom. The van der Waals surface area contributed by atoms with Crippen LogP contribution in [0.15, 0.2) is 71.6 Å². The molecule has 0 N–H and O–H groups in total. The second-order valence-electron chi connectivity index (χ2n) is 8.54. The van der Waals surface area contributed by atoms with Crippen molar-refractivity contribution >= 4 is 31.7 Å². The van der Waals surface area contributed by atoms with Crippen LogP contribution in [-0.4, -0.2) is 29.9 Å². The molecule has 4 aromatic rings. The summed E-state index contributed by atoms with van der Waals surface area (Å²) in [6.07, 6.45) is 3.34. The van der Waals surface area contributed by atoms with Crippen LogP contribution in [-0.2, 0) is 23.5 Å². The molecule has 32 heavy (non-hydrogen) atoms. The third kappa shape index (κ3) is 3.58. The quantitative estimate of drug-likeness (QED) is 0.436. The van der Waals surface area contributed by atoms with Gasteiger partial charge in [0.2, 0.25) is 10.0 Å². The van der Waals surface area contributed by atoms with E-state index < -0.39 is 10.0 Å². The molecular formula is C26H25N3O2S. The highest BCUT2D eigenvalue weighted by atomic mass is 32.2. The molecule has 0 spiro atoms. The van der Waals surface area contributed by atoms with E-state index in [2.05, 4.69) is 16.7 Å². The average molecular weight is 444 g/mol. The van der Waals surface area contributed by atoms with E-state index >= 15 is 0 Å². The van der Waals surface area contributed by atoms with Gasteiger partial charge in [0.25, 0.3) is 0 Å². The molecular weight excluding hydrogens is 418 g/mol. The number of aryl methyl sites for hydroxylation is 2. The van der Waals surface area contributed by atoms with Gasteiger partial charge in [0.1, 0.15) is 0 Å². The van der Waals surface area contributed by atoms with Crippen LogP contribution in [0.1, 0.15) is 30.5 Å². The minimum Gasteiger partial charge on any atom is -0.348 e. The molecule has 1 atom stereocenters. The molecule has 0 aliphatic carbocycles. The SMILES string of the molecule is Cn1c(CCC2CCCN2S(=O)(=O)c2ccc3ccccc3c2)cc2ccc(C#N)cc21. The van der Waals surface area contributed by atoms with Crippen LogP contribution in [0.25, 0.3) is 21.7 Å². The highest BCUT2D eigenvalue weighted by molar-refractivity contribution is 7.89. The lowest BCUT2D eigenvalue weighted by molar-refractivity contribution is 0.369. The number of hydrogen-bond acceptors (Lipinski definition) is 3. The van der Waals surface area contributed by atoms with Gasteiger partial charge in [0, 0.05) is 30.8 Å². The second-order valence-corrected chi connectivity index (χ2v) is 10.4. The molecule has 1 aromatic heterocycles. The normalized spacial score (nSPS) is 17.2. The fourth-order valence-electron chi connectivity index (χ4n) is 4.89. The van der Waals surface area contributed by atoms with Gasteiger partial charge in [-0.25, -0.2) is 8.42 Å². The van der Waals surface area contributed by atoms with E-state index in [4.69, 9.17) is 0 Å². The zero-order valence-electron chi connectivity index (χ0n) is 18.0. The minimum atomic E-state index is -3.54. The molecule has 0 bridgehead atoms. The molecule has 1 fully saturated rings. The lowest BCUT2D eigenvalue weighted by Crippen LogP contribution is -2.35. The summed E-state index contributed by atoms with van der Waals surface area (Å²) < 4.78 is 30.8. The van der Waals surface area contributed by atoms with Gasteiger partial charge in [0.05, 0.1) is 16.5 Å². The fraction of sp³-hybridized carbons (Fsp3) is 0.269. The smallest absolute Gasteiger partial charge is 0.243 e. The van der Waals surface area contributed by atoms with Crippen LogP contribution < -0.4 is 0 Å². The molecule has 1 saturated heterocycles. The first kappa shape index (κ1) is 20.7. The van der Waals surface area contributed by atoms with E-state index in [9.17, 15) is 13.7 Å². The summed E-state index contributed by atoms with van der Waals surface area (Å²) in [7, 11) is -1.53. The summed E-state index contributed by atoms with van der Waals surface area (Å²) in [5.74, 6) is 0. The number of benzene rings is 3. The predicted octanol–water partition coefficient (Wildman–Crippen LogP) is 4.99. The molecule has 1 unspecified atom stereocenters. The minimum absolute atomic E-state index is 0.000785. The molecule has 0 amide bonds. The van der Waals surface area contributed by atoms with Crippen LogP contribution >= 0.6 is 0 Å². The summed E-state index contributed by atoms with van der Waals surface area (Å²) in [6, 6.07) is 23.3. The zero-order valence-corrected chi connectivity index (χ0v) is 18.8. The highest BCUT2D eigenvalue weighted by Gasteiger charge is 2.35. The zero-order chi connectivity index (χ0) is 22.3. The Morgan fingerprint density at radius 3 is 2.59 bits per heavy atom. The molecule has 5 rings (SSSR count). The molecule has 1 aliphatic rings. The summed E-state index contributed by atoms with van der Waals surface area (Å²) in [5.41, 5.74) is 2.84. The van der Waals surface area contributed by atoms with Crippen LogP contribution in [0.5, 0.6) is 0 Å². The Kier molecular flexibility index (Phi) is 5.24. The van der Waals surface area contributed by atoms with E-state index in [0.29, 0.717) is 17.0 Å². The van der Waals surface area contributed by atoms with E-state index in [1.807, 2.05) is 55.6 Å². The van der Waals surface area contributed by atoms with Crippen LogP contribution in [0.3, 0.4) is 0 Å². The Hall–Kier alpha value is -3.14. The van der Waals surface area contributed by atoms with Gasteiger partial charge in [-0.05, 0) is 72.2 Å². The van der Waals surface area contributed by atoms with Gasteiger partial charge in [-0.2, -0.15) is 9.57 Å². The first-order valence-corrected chi connectivity index (χ1v) is 12.4. The molecule has 6 heteroatoms. The molecule has 0 radical (unpaired) electrons. The van der Waals surface area contributed by atoms with Crippen molar-refractivity contribution in [2.45, 2.75) is 36.6 Å². The summed E-state index contributed by atoms with van der Waals surface area (Å²) >= 11 is 0. The van der Waals surface area contributed by atoms with Crippen molar-refractivity contribution in [3.05, 3.63) is 78.0 Å². The third-order valence-corrected chi connectivity index (χ3v) is 8.61. The van der Waals surface area contributed by atoms with Crippen molar-refractivity contribution < 1.29 is 8.42 Å². The fourth-order valence-corrected chi connectivity index (χ4v) is 6.65. The first-order chi connectivity index (χ1) is 15.5. The van der Waals surface area contributed by atoms with Crippen LogP contribution in [0.2, 0.25) is 0 Å². The Bertz CT molecular complexity index is 1460. The van der Waals surface area contributed by atoms with Gasteiger partial charge in [0.15, 0.2) is 0 Å². The van der Waals surface area contributed by atoms with Crippen LogP contribution in [0, 0.1) is 11.3 Å². The lowest BCUT2D eigenvalue weighted by atomic mass is 10.1. The Labute approximate surface area is 188 Å². The standard InChI is InChI=1S/C26H25N3O2S/c1-28-24(16-22-9-8-19(18-27)15-26(22)28)12-11-23-7-4-14-29(23)32(30,31)25-13-10-20-5-2-3-6-21(20)17-25/h2-3,5-6,8-10,13,15-17,23H,4,7,11-12,14H2,1H3. The average Bonchev–Trinajstić information content (AvgIpc) is 3.42. The van der Waals surface area contributed by atoms with E-state index in [-0.39, 0.29) is 6.04 Å². The van der Waals surface area contributed by atoms with Crippen molar-refractivity contribution in [2.24, 2.45) is 7.05 Å². The Balaban J connectivity index is 1.38. The predicted molar refractivity (Wildman–Crippen MR) is 127 cm³/mol. The molecule has 1 aliphatic heterocycles. The molecule has 3 aromatic carbocycles. The monoisotopic (exact) mass is 443 g/mol. The molecule has 0 saturated carbocycles. The number of hydrogen-bond donors (Lipinski definition) is 0. The maximum absolute atomic E-state index is 13.5. The maximum Gasteiger partial charge on any atom is 0.243 e. The van der Waals surface area contributed by atoms with Crippen molar-refractivity contribution in [1.82, 2.24) is 8.87 Å². The third-order valence-electron chi connectivity index (χ3n) is 6.66. The van der Waals surface area contributed by atoms with E-state index in [0.717, 1.165) is 53.1 Å². The summed E-state index contributed by atoms with van der Waals surface area (Å²) in [4.78, 5) is 0.372.